The number of ketones is 1. The molecule has 0 saturated carbocycles. The van der Waals surface area contributed by atoms with Gasteiger partial charge in [0, 0.05) is 24.3 Å². The van der Waals surface area contributed by atoms with E-state index in [1.54, 1.807) is 20.2 Å². The molecule has 0 atom stereocenters. The lowest BCUT2D eigenvalue weighted by Crippen LogP contribution is -2.28. The molecule has 2 heterocycles. The molecule has 24 heavy (non-hydrogen) atoms. The van der Waals surface area contributed by atoms with E-state index in [2.05, 4.69) is 15.3 Å². The highest BCUT2D eigenvalue weighted by molar-refractivity contribution is 6.02. The van der Waals surface area contributed by atoms with Crippen LogP contribution in [0.25, 0.3) is 11.0 Å². The summed E-state index contributed by atoms with van der Waals surface area (Å²) in [4.78, 5) is 31.4. The number of H-pyrrole nitrogens is 1. The third kappa shape index (κ3) is 2.82. The number of para-hydroxylation sites is 2. The quantitative estimate of drug-likeness (QED) is 0.708. The summed E-state index contributed by atoms with van der Waals surface area (Å²) < 4.78 is 2.00. The molecule has 1 amide bonds. The second-order valence-corrected chi connectivity index (χ2v) is 5.86. The summed E-state index contributed by atoms with van der Waals surface area (Å²) in [5.41, 5.74) is 4.45. The van der Waals surface area contributed by atoms with Crippen molar-refractivity contribution in [3.63, 3.8) is 0 Å². The number of hydrogen-bond acceptors (Lipinski definition) is 3. The molecule has 6 nitrogen and oxygen atoms in total. The van der Waals surface area contributed by atoms with Crippen LogP contribution in [0.15, 0.2) is 30.6 Å². The number of Topliss-reactive ketones (excluding diaryl/α,β-unsaturated/α-hetero) is 1. The summed E-state index contributed by atoms with van der Waals surface area (Å²) in [6, 6.07) is 7.87. The first-order valence-corrected chi connectivity index (χ1v) is 7.87. The van der Waals surface area contributed by atoms with E-state index in [0.717, 1.165) is 16.7 Å². The first-order chi connectivity index (χ1) is 11.5. The zero-order chi connectivity index (χ0) is 17.3. The largest absolute Gasteiger partial charge is 0.354 e. The van der Waals surface area contributed by atoms with Crippen LogP contribution in [0.5, 0.6) is 0 Å². The second kappa shape index (κ2) is 6.31. The minimum absolute atomic E-state index is 0.0369. The molecule has 0 aliphatic heterocycles. The standard InChI is InChI=1S/C18H20N4O2/c1-11-16(13(3)23)12(2)21-17(11)18(24)19-8-9-22-10-20-14-6-4-5-7-15(14)22/h4-7,10,21H,8-9H2,1-3H3,(H,19,24). The van der Waals surface area contributed by atoms with Crippen molar-refractivity contribution >= 4 is 22.7 Å². The Kier molecular flexibility index (Phi) is 4.20. The smallest absolute Gasteiger partial charge is 0.268 e. The number of imidazole rings is 1. The fourth-order valence-corrected chi connectivity index (χ4v) is 3.07. The first kappa shape index (κ1) is 16.0. The molecule has 0 bridgehead atoms. The molecular formula is C18H20N4O2. The highest BCUT2D eigenvalue weighted by Gasteiger charge is 2.19. The van der Waals surface area contributed by atoms with Crippen molar-refractivity contribution < 1.29 is 9.59 Å². The van der Waals surface area contributed by atoms with E-state index in [1.165, 1.54) is 6.92 Å². The zero-order valence-electron chi connectivity index (χ0n) is 14.0. The summed E-state index contributed by atoms with van der Waals surface area (Å²) in [6.45, 7) is 6.21. The summed E-state index contributed by atoms with van der Waals surface area (Å²) >= 11 is 0. The molecule has 1 aromatic carbocycles. The Labute approximate surface area is 139 Å². The number of aromatic nitrogens is 3. The molecule has 0 fully saturated rings. The van der Waals surface area contributed by atoms with E-state index < -0.39 is 0 Å². The predicted molar refractivity (Wildman–Crippen MR) is 92.3 cm³/mol. The van der Waals surface area contributed by atoms with Crippen LogP contribution in [0.3, 0.4) is 0 Å². The highest BCUT2D eigenvalue weighted by Crippen LogP contribution is 2.18. The molecule has 0 saturated heterocycles. The Morgan fingerprint density at radius 2 is 2.00 bits per heavy atom. The highest BCUT2D eigenvalue weighted by atomic mass is 16.2. The Morgan fingerprint density at radius 3 is 2.71 bits per heavy atom. The molecule has 6 heteroatoms. The maximum Gasteiger partial charge on any atom is 0.268 e. The van der Waals surface area contributed by atoms with E-state index >= 15 is 0 Å². The van der Waals surface area contributed by atoms with E-state index in [-0.39, 0.29) is 11.7 Å². The third-order valence-electron chi connectivity index (χ3n) is 4.18. The maximum absolute atomic E-state index is 12.4. The topological polar surface area (TPSA) is 79.8 Å². The molecule has 0 unspecified atom stereocenters. The van der Waals surface area contributed by atoms with Gasteiger partial charge in [-0.25, -0.2) is 4.98 Å². The van der Waals surface area contributed by atoms with Gasteiger partial charge in [-0.05, 0) is 38.5 Å². The van der Waals surface area contributed by atoms with Gasteiger partial charge in [0.15, 0.2) is 5.78 Å². The van der Waals surface area contributed by atoms with E-state index in [4.69, 9.17) is 0 Å². The van der Waals surface area contributed by atoms with E-state index in [0.29, 0.717) is 29.9 Å². The van der Waals surface area contributed by atoms with Crippen LogP contribution < -0.4 is 5.32 Å². The molecule has 0 radical (unpaired) electrons. The van der Waals surface area contributed by atoms with Gasteiger partial charge in [0.2, 0.25) is 0 Å². The lowest BCUT2D eigenvalue weighted by molar-refractivity contribution is 0.0947. The summed E-state index contributed by atoms with van der Waals surface area (Å²) in [6.07, 6.45) is 1.77. The number of fused-ring (bicyclic) bond motifs is 1. The predicted octanol–water partition coefficient (Wildman–Crippen LogP) is 2.61. The van der Waals surface area contributed by atoms with Crippen LogP contribution in [0.4, 0.5) is 0 Å². The first-order valence-electron chi connectivity index (χ1n) is 7.87. The minimum atomic E-state index is -0.201. The molecule has 3 aromatic rings. The lowest BCUT2D eigenvalue weighted by Gasteiger charge is -2.07. The second-order valence-electron chi connectivity index (χ2n) is 5.86. The van der Waals surface area contributed by atoms with Crippen molar-refractivity contribution in [2.75, 3.05) is 6.54 Å². The molecule has 0 spiro atoms. The van der Waals surface area contributed by atoms with Crippen LogP contribution in [0.1, 0.15) is 39.0 Å². The van der Waals surface area contributed by atoms with E-state index in [9.17, 15) is 9.59 Å². The molecule has 0 aliphatic rings. The van der Waals surface area contributed by atoms with Gasteiger partial charge in [0.1, 0.15) is 5.69 Å². The number of hydrogen-bond donors (Lipinski definition) is 2. The van der Waals surface area contributed by atoms with Gasteiger partial charge in [0.25, 0.3) is 5.91 Å². The van der Waals surface area contributed by atoms with Gasteiger partial charge < -0.3 is 14.9 Å². The Bertz CT molecular complexity index is 920. The minimum Gasteiger partial charge on any atom is -0.354 e. The number of benzene rings is 1. The van der Waals surface area contributed by atoms with Crippen LogP contribution in [-0.4, -0.2) is 32.8 Å². The van der Waals surface area contributed by atoms with Gasteiger partial charge in [-0.2, -0.15) is 0 Å². The number of carbonyl (C=O) groups is 2. The summed E-state index contributed by atoms with van der Waals surface area (Å²) in [5, 5.41) is 2.89. The Hall–Kier alpha value is -2.89. The fourth-order valence-electron chi connectivity index (χ4n) is 3.07. The molecule has 0 aliphatic carbocycles. The number of aromatic amines is 1. The maximum atomic E-state index is 12.4. The van der Waals surface area contributed by atoms with Crippen molar-refractivity contribution in [1.29, 1.82) is 0 Å². The van der Waals surface area contributed by atoms with Crippen molar-refractivity contribution in [2.24, 2.45) is 0 Å². The van der Waals surface area contributed by atoms with Crippen LogP contribution in [0, 0.1) is 13.8 Å². The number of aryl methyl sites for hydroxylation is 1. The SMILES string of the molecule is CC(=O)c1c(C)[nH]c(C(=O)NCCn2cnc3ccccc32)c1C. The zero-order valence-corrected chi connectivity index (χ0v) is 14.0. The fraction of sp³-hybridized carbons (Fsp3) is 0.278. The average Bonchev–Trinajstić information content (AvgIpc) is 3.08. The van der Waals surface area contributed by atoms with Crippen molar-refractivity contribution in [2.45, 2.75) is 27.3 Å². The number of carbonyl (C=O) groups excluding carboxylic acids is 2. The Balaban J connectivity index is 1.68. The van der Waals surface area contributed by atoms with Crippen LogP contribution in [0.2, 0.25) is 0 Å². The number of nitrogens with one attached hydrogen (secondary N) is 2. The monoisotopic (exact) mass is 324 g/mol. The van der Waals surface area contributed by atoms with Crippen LogP contribution >= 0.6 is 0 Å². The normalized spacial score (nSPS) is 11.0. The molecule has 2 aromatic heterocycles. The Morgan fingerprint density at radius 1 is 1.25 bits per heavy atom. The molecule has 3 rings (SSSR count). The number of amides is 1. The van der Waals surface area contributed by atoms with Gasteiger partial charge in [-0.3, -0.25) is 9.59 Å². The number of nitrogens with zero attached hydrogens (tertiary/aromatic N) is 2. The van der Waals surface area contributed by atoms with Crippen molar-refractivity contribution in [3.8, 4) is 0 Å². The van der Waals surface area contributed by atoms with E-state index in [1.807, 2.05) is 28.8 Å². The van der Waals surface area contributed by atoms with Crippen molar-refractivity contribution in [1.82, 2.24) is 19.9 Å². The van der Waals surface area contributed by atoms with Gasteiger partial charge in [0.05, 0.1) is 17.4 Å². The van der Waals surface area contributed by atoms with Crippen LogP contribution in [-0.2, 0) is 6.54 Å². The summed E-state index contributed by atoms with van der Waals surface area (Å²) in [5.74, 6) is -0.238. The molecule has 124 valence electrons. The van der Waals surface area contributed by atoms with Crippen molar-refractivity contribution in [3.05, 3.63) is 53.1 Å². The third-order valence-corrected chi connectivity index (χ3v) is 4.18. The average molecular weight is 324 g/mol. The molecular weight excluding hydrogens is 304 g/mol. The van der Waals surface area contributed by atoms with Gasteiger partial charge in [-0.1, -0.05) is 12.1 Å². The number of rotatable bonds is 5. The van der Waals surface area contributed by atoms with Gasteiger partial charge in [-0.15, -0.1) is 0 Å². The summed E-state index contributed by atoms with van der Waals surface area (Å²) in [7, 11) is 0. The lowest BCUT2D eigenvalue weighted by atomic mass is 10.1. The van der Waals surface area contributed by atoms with Gasteiger partial charge >= 0.3 is 0 Å². The molecule has 2 N–H and O–H groups in total.